The first-order valence-electron chi connectivity index (χ1n) is 5.30. The number of hydrogen-bond donors (Lipinski definition) is 2. The quantitative estimate of drug-likeness (QED) is 0.847. The van der Waals surface area contributed by atoms with Crippen molar-refractivity contribution in [2.24, 2.45) is 5.73 Å². The molecule has 1 rings (SSSR count). The molecule has 0 bridgehead atoms. The summed E-state index contributed by atoms with van der Waals surface area (Å²) in [7, 11) is 0. The zero-order chi connectivity index (χ0) is 12.1. The van der Waals surface area contributed by atoms with Gasteiger partial charge in [-0.15, -0.1) is 0 Å². The molecule has 1 aromatic carbocycles. The Morgan fingerprint density at radius 1 is 1.50 bits per heavy atom. The van der Waals surface area contributed by atoms with E-state index in [2.05, 4.69) is 5.32 Å². The number of nitrogens with one attached hydrogen (secondary N) is 1. The van der Waals surface area contributed by atoms with E-state index in [0.29, 0.717) is 17.1 Å². The van der Waals surface area contributed by atoms with E-state index in [1.165, 1.54) is 0 Å². The number of amides is 1. The lowest BCUT2D eigenvalue weighted by Gasteiger charge is -2.08. The zero-order valence-electron chi connectivity index (χ0n) is 9.59. The Hall–Kier alpha value is -1.06. The Morgan fingerprint density at radius 2 is 2.19 bits per heavy atom. The van der Waals surface area contributed by atoms with Gasteiger partial charge in [-0.25, -0.2) is 0 Å². The molecule has 0 aliphatic carbocycles. The molecule has 3 nitrogen and oxygen atoms in total. The van der Waals surface area contributed by atoms with Gasteiger partial charge in [-0.2, -0.15) is 0 Å². The van der Waals surface area contributed by atoms with Gasteiger partial charge in [0, 0.05) is 23.2 Å². The fourth-order valence-corrected chi connectivity index (χ4v) is 1.67. The Balaban J connectivity index is 2.59. The molecule has 1 aromatic rings. The standard InChI is InChI=1S/C12H17ClN2O/c1-8-5-10(7-11(13)6-8)12(16)15-4-3-9(2)14/h5-7,9H,3-4,14H2,1-2H3,(H,15,16). The molecule has 0 aromatic heterocycles. The van der Waals surface area contributed by atoms with Crippen LogP contribution in [0.1, 0.15) is 29.3 Å². The van der Waals surface area contributed by atoms with Gasteiger partial charge in [-0.05, 0) is 44.0 Å². The van der Waals surface area contributed by atoms with Crippen LogP contribution in [-0.2, 0) is 0 Å². The van der Waals surface area contributed by atoms with Gasteiger partial charge >= 0.3 is 0 Å². The van der Waals surface area contributed by atoms with Crippen LogP contribution in [0.3, 0.4) is 0 Å². The average Bonchev–Trinajstić information content (AvgIpc) is 2.15. The predicted molar refractivity (Wildman–Crippen MR) is 66.8 cm³/mol. The highest BCUT2D eigenvalue weighted by Crippen LogP contribution is 2.14. The second kappa shape index (κ2) is 5.87. The Labute approximate surface area is 101 Å². The Kier molecular flexibility index (Phi) is 4.77. The molecule has 0 radical (unpaired) electrons. The zero-order valence-corrected chi connectivity index (χ0v) is 10.3. The Bertz CT molecular complexity index is 357. The summed E-state index contributed by atoms with van der Waals surface area (Å²) in [6.45, 7) is 4.41. The predicted octanol–water partition coefficient (Wildman–Crippen LogP) is 2.12. The van der Waals surface area contributed by atoms with Crippen molar-refractivity contribution >= 4 is 17.5 Å². The van der Waals surface area contributed by atoms with Crippen molar-refractivity contribution in [3.8, 4) is 0 Å². The molecule has 0 saturated heterocycles. The van der Waals surface area contributed by atoms with Gasteiger partial charge in [0.1, 0.15) is 0 Å². The van der Waals surface area contributed by atoms with Gasteiger partial charge in [0.2, 0.25) is 0 Å². The summed E-state index contributed by atoms with van der Waals surface area (Å²) in [5, 5.41) is 3.39. The SMILES string of the molecule is Cc1cc(Cl)cc(C(=O)NCCC(C)N)c1. The molecular weight excluding hydrogens is 224 g/mol. The highest BCUT2D eigenvalue weighted by molar-refractivity contribution is 6.31. The van der Waals surface area contributed by atoms with Crippen LogP contribution in [0.4, 0.5) is 0 Å². The molecular formula is C12H17ClN2O. The summed E-state index contributed by atoms with van der Waals surface area (Å²) in [4.78, 5) is 11.7. The number of carbonyl (C=O) groups is 1. The highest BCUT2D eigenvalue weighted by atomic mass is 35.5. The maximum atomic E-state index is 11.7. The lowest BCUT2D eigenvalue weighted by atomic mass is 10.1. The van der Waals surface area contributed by atoms with Crippen LogP contribution in [0.25, 0.3) is 0 Å². The van der Waals surface area contributed by atoms with Crippen LogP contribution < -0.4 is 11.1 Å². The number of hydrogen-bond acceptors (Lipinski definition) is 2. The summed E-state index contributed by atoms with van der Waals surface area (Å²) in [5.74, 6) is -0.105. The molecule has 0 fully saturated rings. The fourth-order valence-electron chi connectivity index (χ4n) is 1.38. The third-order valence-electron chi connectivity index (χ3n) is 2.19. The molecule has 88 valence electrons. The highest BCUT2D eigenvalue weighted by Gasteiger charge is 2.06. The van der Waals surface area contributed by atoms with Crippen molar-refractivity contribution in [2.75, 3.05) is 6.54 Å². The van der Waals surface area contributed by atoms with Crippen LogP contribution in [0.5, 0.6) is 0 Å². The summed E-state index contributed by atoms with van der Waals surface area (Å²) < 4.78 is 0. The summed E-state index contributed by atoms with van der Waals surface area (Å²) >= 11 is 5.88. The number of rotatable bonds is 4. The number of aryl methyl sites for hydroxylation is 1. The van der Waals surface area contributed by atoms with E-state index in [0.717, 1.165) is 12.0 Å². The smallest absolute Gasteiger partial charge is 0.251 e. The molecule has 0 spiro atoms. The maximum Gasteiger partial charge on any atom is 0.251 e. The van der Waals surface area contributed by atoms with E-state index in [-0.39, 0.29) is 11.9 Å². The largest absolute Gasteiger partial charge is 0.352 e. The van der Waals surface area contributed by atoms with E-state index < -0.39 is 0 Å². The van der Waals surface area contributed by atoms with Gasteiger partial charge in [-0.1, -0.05) is 11.6 Å². The molecule has 1 atom stereocenters. The van der Waals surface area contributed by atoms with Crippen molar-refractivity contribution < 1.29 is 4.79 Å². The number of nitrogens with two attached hydrogens (primary N) is 1. The summed E-state index contributed by atoms with van der Waals surface area (Å²) in [6, 6.07) is 5.39. The van der Waals surface area contributed by atoms with E-state index in [4.69, 9.17) is 17.3 Å². The number of benzene rings is 1. The minimum atomic E-state index is -0.105. The second-order valence-corrected chi connectivity index (χ2v) is 4.48. The van der Waals surface area contributed by atoms with Crippen LogP contribution in [-0.4, -0.2) is 18.5 Å². The van der Waals surface area contributed by atoms with Crippen molar-refractivity contribution in [2.45, 2.75) is 26.3 Å². The first-order chi connectivity index (χ1) is 7.49. The van der Waals surface area contributed by atoms with Crippen molar-refractivity contribution in [1.82, 2.24) is 5.32 Å². The second-order valence-electron chi connectivity index (χ2n) is 4.04. The van der Waals surface area contributed by atoms with Gasteiger partial charge < -0.3 is 11.1 Å². The Morgan fingerprint density at radius 3 is 2.75 bits per heavy atom. The summed E-state index contributed by atoms with van der Waals surface area (Å²) in [6.07, 6.45) is 0.769. The van der Waals surface area contributed by atoms with E-state index >= 15 is 0 Å². The van der Waals surface area contributed by atoms with Crippen molar-refractivity contribution in [3.05, 3.63) is 34.3 Å². The monoisotopic (exact) mass is 240 g/mol. The molecule has 0 heterocycles. The van der Waals surface area contributed by atoms with E-state index in [1.807, 2.05) is 26.0 Å². The molecule has 16 heavy (non-hydrogen) atoms. The molecule has 1 unspecified atom stereocenters. The van der Waals surface area contributed by atoms with E-state index in [1.54, 1.807) is 6.07 Å². The number of carbonyl (C=O) groups excluding carboxylic acids is 1. The van der Waals surface area contributed by atoms with E-state index in [9.17, 15) is 4.79 Å². The van der Waals surface area contributed by atoms with Crippen molar-refractivity contribution in [3.63, 3.8) is 0 Å². The average molecular weight is 241 g/mol. The first-order valence-corrected chi connectivity index (χ1v) is 5.68. The maximum absolute atomic E-state index is 11.7. The minimum Gasteiger partial charge on any atom is -0.352 e. The lowest BCUT2D eigenvalue weighted by molar-refractivity contribution is 0.0952. The molecule has 4 heteroatoms. The van der Waals surface area contributed by atoms with Gasteiger partial charge in [0.05, 0.1) is 0 Å². The molecule has 0 saturated carbocycles. The van der Waals surface area contributed by atoms with Crippen LogP contribution >= 0.6 is 11.6 Å². The van der Waals surface area contributed by atoms with Gasteiger partial charge in [0.15, 0.2) is 0 Å². The third-order valence-corrected chi connectivity index (χ3v) is 2.41. The van der Waals surface area contributed by atoms with Crippen LogP contribution in [0.15, 0.2) is 18.2 Å². The third kappa shape index (κ3) is 4.21. The first kappa shape index (κ1) is 13.0. The van der Waals surface area contributed by atoms with Crippen LogP contribution in [0.2, 0.25) is 5.02 Å². The molecule has 0 aliphatic heterocycles. The lowest BCUT2D eigenvalue weighted by Crippen LogP contribution is -2.28. The molecule has 3 N–H and O–H groups in total. The topological polar surface area (TPSA) is 55.1 Å². The number of halogens is 1. The molecule has 0 aliphatic rings. The minimum absolute atomic E-state index is 0.0985. The summed E-state index contributed by atoms with van der Waals surface area (Å²) in [5.41, 5.74) is 7.16. The van der Waals surface area contributed by atoms with Crippen molar-refractivity contribution in [1.29, 1.82) is 0 Å². The van der Waals surface area contributed by atoms with Gasteiger partial charge in [0.25, 0.3) is 5.91 Å². The normalized spacial score (nSPS) is 12.2. The fraction of sp³-hybridized carbons (Fsp3) is 0.417. The molecule has 1 amide bonds. The van der Waals surface area contributed by atoms with Crippen LogP contribution in [0, 0.1) is 6.92 Å². The van der Waals surface area contributed by atoms with Gasteiger partial charge in [-0.3, -0.25) is 4.79 Å².